The summed E-state index contributed by atoms with van der Waals surface area (Å²) in [6.45, 7) is 1.85. The average Bonchev–Trinajstić information content (AvgIpc) is 2.18. The van der Waals surface area contributed by atoms with E-state index in [2.05, 4.69) is 0 Å². The number of rotatable bonds is 1. The lowest BCUT2D eigenvalue weighted by molar-refractivity contribution is -0.00903. The minimum absolute atomic E-state index is 0.0283. The second kappa shape index (κ2) is 4.04. The summed E-state index contributed by atoms with van der Waals surface area (Å²) < 4.78 is 18.3. The van der Waals surface area contributed by atoms with Crippen molar-refractivity contribution >= 4 is 0 Å². The number of benzene rings is 1. The maximum Gasteiger partial charge on any atom is 0.123 e. The zero-order chi connectivity index (χ0) is 9.97. The molecule has 14 heavy (non-hydrogen) atoms. The van der Waals surface area contributed by atoms with Gasteiger partial charge in [-0.2, -0.15) is 0 Å². The molecule has 0 spiro atoms. The van der Waals surface area contributed by atoms with Gasteiger partial charge >= 0.3 is 0 Å². The van der Waals surface area contributed by atoms with Gasteiger partial charge < -0.3 is 4.74 Å². The predicted molar refractivity (Wildman–Crippen MR) is 50.9 cm³/mol. The first-order valence-electron chi connectivity index (χ1n) is 4.62. The van der Waals surface area contributed by atoms with Crippen molar-refractivity contribution in [2.45, 2.75) is 6.04 Å². The van der Waals surface area contributed by atoms with E-state index in [9.17, 15) is 4.39 Å². The lowest BCUT2D eigenvalue weighted by Gasteiger charge is -2.32. The lowest BCUT2D eigenvalue weighted by atomic mass is 10.1. The summed E-state index contributed by atoms with van der Waals surface area (Å²) in [5, 5.41) is 1.69. The second-order valence-corrected chi connectivity index (χ2v) is 3.38. The maximum absolute atomic E-state index is 12.9. The summed E-state index contributed by atoms with van der Waals surface area (Å²) in [5.41, 5.74) is 0.868. The monoisotopic (exact) mass is 196 g/mol. The Kier molecular flexibility index (Phi) is 2.77. The fourth-order valence-electron chi connectivity index (χ4n) is 1.62. The summed E-state index contributed by atoms with van der Waals surface area (Å²) in [5.74, 6) is 5.56. The van der Waals surface area contributed by atoms with E-state index >= 15 is 0 Å². The molecule has 2 rings (SSSR count). The molecule has 0 aromatic heterocycles. The van der Waals surface area contributed by atoms with Gasteiger partial charge in [-0.25, -0.2) is 9.40 Å². The molecule has 0 aliphatic carbocycles. The fraction of sp³-hybridized carbons (Fsp3) is 0.400. The quantitative estimate of drug-likeness (QED) is 0.683. The van der Waals surface area contributed by atoms with Crippen molar-refractivity contribution in [2.24, 2.45) is 5.84 Å². The molecule has 4 heteroatoms. The van der Waals surface area contributed by atoms with Crippen molar-refractivity contribution in [3.63, 3.8) is 0 Å². The van der Waals surface area contributed by atoms with Crippen LogP contribution in [-0.4, -0.2) is 24.8 Å². The second-order valence-electron chi connectivity index (χ2n) is 3.38. The molecule has 1 unspecified atom stereocenters. The summed E-state index contributed by atoms with van der Waals surface area (Å²) >= 11 is 0. The molecule has 0 saturated carbocycles. The number of nitrogens with two attached hydrogens (primary N) is 1. The van der Waals surface area contributed by atoms with Gasteiger partial charge in [0.05, 0.1) is 19.3 Å². The maximum atomic E-state index is 12.9. The molecule has 0 radical (unpaired) electrons. The van der Waals surface area contributed by atoms with Crippen molar-refractivity contribution in [2.75, 3.05) is 19.8 Å². The lowest BCUT2D eigenvalue weighted by Crippen LogP contribution is -2.44. The summed E-state index contributed by atoms with van der Waals surface area (Å²) in [4.78, 5) is 0. The average molecular weight is 196 g/mol. The van der Waals surface area contributed by atoms with Gasteiger partial charge in [-0.1, -0.05) is 12.1 Å². The number of morpholine rings is 1. The van der Waals surface area contributed by atoms with Crippen LogP contribution in [-0.2, 0) is 4.74 Å². The Labute approximate surface area is 82.2 Å². The van der Waals surface area contributed by atoms with Crippen LogP contribution in [0.25, 0.3) is 0 Å². The van der Waals surface area contributed by atoms with E-state index in [4.69, 9.17) is 10.6 Å². The molecule has 76 valence electrons. The fourth-order valence-corrected chi connectivity index (χ4v) is 1.62. The van der Waals surface area contributed by atoms with Crippen LogP contribution in [0.2, 0.25) is 0 Å². The standard InChI is InChI=1S/C10H13FN2O/c11-9-3-1-2-8(6-9)10-7-14-5-4-13(10)12/h1-3,6,10H,4-5,7,12H2. The Morgan fingerprint density at radius 1 is 1.50 bits per heavy atom. The zero-order valence-electron chi connectivity index (χ0n) is 7.82. The first kappa shape index (κ1) is 9.58. The Balaban J connectivity index is 2.20. The minimum atomic E-state index is -0.235. The van der Waals surface area contributed by atoms with E-state index in [1.165, 1.54) is 12.1 Å². The number of nitrogens with zero attached hydrogens (tertiary/aromatic N) is 1. The van der Waals surface area contributed by atoms with Crippen LogP contribution in [0.5, 0.6) is 0 Å². The van der Waals surface area contributed by atoms with E-state index in [1.54, 1.807) is 11.1 Å². The highest BCUT2D eigenvalue weighted by molar-refractivity contribution is 5.20. The summed E-state index contributed by atoms with van der Waals surface area (Å²) in [6.07, 6.45) is 0. The van der Waals surface area contributed by atoms with Gasteiger partial charge in [-0.05, 0) is 17.7 Å². The molecular formula is C10H13FN2O. The molecule has 1 heterocycles. The molecular weight excluding hydrogens is 183 g/mol. The van der Waals surface area contributed by atoms with Gasteiger partial charge in [0.1, 0.15) is 5.82 Å². The molecule has 0 amide bonds. The third-order valence-corrected chi connectivity index (χ3v) is 2.40. The van der Waals surface area contributed by atoms with Gasteiger partial charge in [-0.15, -0.1) is 0 Å². The normalized spacial score (nSPS) is 23.7. The largest absolute Gasteiger partial charge is 0.378 e. The van der Waals surface area contributed by atoms with Crippen molar-refractivity contribution < 1.29 is 9.13 Å². The summed E-state index contributed by atoms with van der Waals surface area (Å²) in [6, 6.07) is 6.45. The Morgan fingerprint density at radius 2 is 2.36 bits per heavy atom. The van der Waals surface area contributed by atoms with Crippen LogP contribution < -0.4 is 5.84 Å². The SMILES string of the molecule is NN1CCOCC1c1cccc(F)c1. The molecule has 1 saturated heterocycles. The minimum Gasteiger partial charge on any atom is -0.378 e. The molecule has 1 atom stereocenters. The third kappa shape index (κ3) is 1.92. The molecule has 1 aliphatic rings. The number of hydrazine groups is 1. The molecule has 1 aromatic rings. The van der Waals surface area contributed by atoms with Crippen LogP contribution in [0.4, 0.5) is 4.39 Å². The highest BCUT2D eigenvalue weighted by atomic mass is 19.1. The number of halogens is 1. The zero-order valence-corrected chi connectivity index (χ0v) is 7.82. The van der Waals surface area contributed by atoms with Gasteiger partial charge in [0.25, 0.3) is 0 Å². The van der Waals surface area contributed by atoms with Gasteiger partial charge in [0.2, 0.25) is 0 Å². The van der Waals surface area contributed by atoms with E-state index in [0.717, 1.165) is 5.56 Å². The Bertz CT molecular complexity index is 319. The summed E-state index contributed by atoms with van der Waals surface area (Å²) in [7, 11) is 0. The molecule has 2 N–H and O–H groups in total. The molecule has 1 aliphatic heterocycles. The number of hydrogen-bond donors (Lipinski definition) is 1. The Hall–Kier alpha value is -0.970. The van der Waals surface area contributed by atoms with Crippen molar-refractivity contribution in [3.05, 3.63) is 35.6 Å². The first-order valence-corrected chi connectivity index (χ1v) is 4.62. The van der Waals surface area contributed by atoms with E-state index < -0.39 is 0 Å². The Morgan fingerprint density at radius 3 is 3.07 bits per heavy atom. The van der Waals surface area contributed by atoms with Crippen molar-refractivity contribution in [1.29, 1.82) is 0 Å². The van der Waals surface area contributed by atoms with Gasteiger partial charge in [0, 0.05) is 6.54 Å². The first-order chi connectivity index (χ1) is 6.77. The van der Waals surface area contributed by atoms with Crippen LogP contribution in [0, 0.1) is 5.82 Å². The predicted octanol–water partition coefficient (Wildman–Crippen LogP) is 1.07. The molecule has 3 nitrogen and oxygen atoms in total. The number of ether oxygens (including phenoxy) is 1. The topological polar surface area (TPSA) is 38.5 Å². The van der Waals surface area contributed by atoms with Crippen LogP contribution in [0.15, 0.2) is 24.3 Å². The van der Waals surface area contributed by atoms with Crippen molar-refractivity contribution in [3.8, 4) is 0 Å². The van der Waals surface area contributed by atoms with Gasteiger partial charge in [0.15, 0.2) is 0 Å². The van der Waals surface area contributed by atoms with Crippen LogP contribution >= 0.6 is 0 Å². The molecule has 1 fully saturated rings. The van der Waals surface area contributed by atoms with Crippen LogP contribution in [0.1, 0.15) is 11.6 Å². The van der Waals surface area contributed by atoms with Crippen molar-refractivity contribution in [1.82, 2.24) is 5.01 Å². The molecule has 0 bridgehead atoms. The number of hydrogen-bond acceptors (Lipinski definition) is 3. The van der Waals surface area contributed by atoms with E-state index in [-0.39, 0.29) is 11.9 Å². The van der Waals surface area contributed by atoms with Gasteiger partial charge in [-0.3, -0.25) is 5.84 Å². The van der Waals surface area contributed by atoms with E-state index in [0.29, 0.717) is 19.8 Å². The van der Waals surface area contributed by atoms with Crippen LogP contribution in [0.3, 0.4) is 0 Å². The smallest absolute Gasteiger partial charge is 0.123 e. The molecule has 1 aromatic carbocycles. The van der Waals surface area contributed by atoms with E-state index in [1.807, 2.05) is 6.07 Å². The highest BCUT2D eigenvalue weighted by Gasteiger charge is 2.21. The highest BCUT2D eigenvalue weighted by Crippen LogP contribution is 2.21. The third-order valence-electron chi connectivity index (χ3n) is 2.40.